The van der Waals surface area contributed by atoms with Crippen LogP contribution in [0.1, 0.15) is 34.5 Å². The van der Waals surface area contributed by atoms with Gasteiger partial charge in [0.25, 0.3) is 5.91 Å². The van der Waals surface area contributed by atoms with Gasteiger partial charge < -0.3 is 5.32 Å². The van der Waals surface area contributed by atoms with Crippen molar-refractivity contribution in [1.82, 2.24) is 9.62 Å². The fraction of sp³-hybridized carbons (Fsp3) is 0.222. The Morgan fingerprint density at radius 1 is 1.22 bits per heavy atom. The highest BCUT2D eigenvalue weighted by Crippen LogP contribution is 2.27. The fourth-order valence-electron chi connectivity index (χ4n) is 2.91. The lowest BCUT2D eigenvalue weighted by Gasteiger charge is -2.28. The molecular formula is C18H16Cl2N2O4S. The second-order valence-electron chi connectivity index (χ2n) is 6.18. The summed E-state index contributed by atoms with van der Waals surface area (Å²) in [5, 5.41) is 3.51. The predicted octanol–water partition coefficient (Wildman–Crippen LogP) is 3.16. The van der Waals surface area contributed by atoms with Crippen LogP contribution in [-0.2, 0) is 20.6 Å². The number of hydrogen-bond donors (Lipinski definition) is 1. The first-order valence-electron chi connectivity index (χ1n) is 8.06. The van der Waals surface area contributed by atoms with E-state index in [1.807, 2.05) is 0 Å². The first kappa shape index (κ1) is 19.7. The number of benzene rings is 2. The molecule has 0 aliphatic carbocycles. The number of fused-ring (bicyclic) bond motifs is 1. The van der Waals surface area contributed by atoms with Gasteiger partial charge in [0.1, 0.15) is 6.54 Å². The lowest BCUT2D eigenvalue weighted by Crippen LogP contribution is -2.47. The molecule has 9 heteroatoms. The number of halogens is 2. The zero-order valence-electron chi connectivity index (χ0n) is 14.3. The molecule has 1 atom stereocenters. The van der Waals surface area contributed by atoms with E-state index in [-0.39, 0.29) is 11.3 Å². The number of hydrogen-bond acceptors (Lipinski definition) is 4. The fourth-order valence-corrected chi connectivity index (χ4v) is 4.95. The Bertz CT molecular complexity index is 1020. The topological polar surface area (TPSA) is 83.6 Å². The first-order valence-corrected chi connectivity index (χ1v) is 10.4. The maximum Gasteiger partial charge on any atom is 0.268 e. The molecule has 2 aromatic rings. The summed E-state index contributed by atoms with van der Waals surface area (Å²) >= 11 is 12.0. The van der Waals surface area contributed by atoms with E-state index >= 15 is 0 Å². The SMILES string of the molecule is CC(NC(=O)CN1C(=O)c2ccccc2CS1(=O)=O)c1ccc(Cl)cc1Cl. The van der Waals surface area contributed by atoms with Crippen molar-refractivity contribution in [3.63, 3.8) is 0 Å². The molecule has 1 aliphatic heterocycles. The van der Waals surface area contributed by atoms with Gasteiger partial charge in [-0.05, 0) is 36.2 Å². The van der Waals surface area contributed by atoms with Gasteiger partial charge in [-0.2, -0.15) is 0 Å². The molecule has 0 bridgehead atoms. The van der Waals surface area contributed by atoms with Gasteiger partial charge in [-0.25, -0.2) is 12.7 Å². The zero-order valence-corrected chi connectivity index (χ0v) is 16.6. The van der Waals surface area contributed by atoms with E-state index in [9.17, 15) is 18.0 Å². The van der Waals surface area contributed by atoms with Crippen LogP contribution in [0.5, 0.6) is 0 Å². The molecule has 3 rings (SSSR count). The molecular weight excluding hydrogens is 411 g/mol. The number of carbonyl (C=O) groups is 2. The van der Waals surface area contributed by atoms with Crippen LogP contribution in [0.25, 0.3) is 0 Å². The Morgan fingerprint density at radius 2 is 1.93 bits per heavy atom. The van der Waals surface area contributed by atoms with Gasteiger partial charge in [0.2, 0.25) is 15.9 Å². The summed E-state index contributed by atoms with van der Waals surface area (Å²) in [6.07, 6.45) is 0. The standard InChI is InChI=1S/C18H16Cl2N2O4S/c1-11(14-7-6-13(19)8-16(14)20)21-17(23)9-22-18(24)15-5-3-2-4-12(15)10-27(22,25)26/h2-8,11H,9-10H2,1H3,(H,21,23). The van der Waals surface area contributed by atoms with Crippen molar-refractivity contribution in [2.24, 2.45) is 0 Å². The third kappa shape index (κ3) is 4.10. The van der Waals surface area contributed by atoms with E-state index in [2.05, 4.69) is 5.32 Å². The number of sulfonamides is 1. The third-order valence-corrected chi connectivity index (χ3v) is 6.45. The maximum absolute atomic E-state index is 12.5. The van der Waals surface area contributed by atoms with Crippen LogP contribution in [0.3, 0.4) is 0 Å². The number of carbonyl (C=O) groups excluding carboxylic acids is 2. The number of nitrogens with one attached hydrogen (secondary N) is 1. The van der Waals surface area contributed by atoms with Crippen LogP contribution in [-0.4, -0.2) is 31.1 Å². The van der Waals surface area contributed by atoms with E-state index in [0.717, 1.165) is 0 Å². The number of amides is 2. The van der Waals surface area contributed by atoms with Gasteiger partial charge in [0.15, 0.2) is 0 Å². The zero-order chi connectivity index (χ0) is 19.8. The molecule has 0 saturated heterocycles. The molecule has 1 unspecified atom stereocenters. The molecule has 0 radical (unpaired) electrons. The lowest BCUT2D eigenvalue weighted by molar-refractivity contribution is -0.121. The van der Waals surface area contributed by atoms with Gasteiger partial charge in [-0.15, -0.1) is 0 Å². The summed E-state index contributed by atoms with van der Waals surface area (Å²) in [4.78, 5) is 24.9. The van der Waals surface area contributed by atoms with Gasteiger partial charge in [0, 0.05) is 15.6 Å². The average Bonchev–Trinajstić information content (AvgIpc) is 2.58. The summed E-state index contributed by atoms with van der Waals surface area (Å²) in [6, 6.07) is 10.8. The van der Waals surface area contributed by atoms with Crippen LogP contribution in [0.2, 0.25) is 10.0 Å². The normalized spacial score (nSPS) is 16.6. The van der Waals surface area contributed by atoms with Crippen molar-refractivity contribution in [3.05, 3.63) is 69.2 Å². The van der Waals surface area contributed by atoms with E-state index in [4.69, 9.17) is 23.2 Å². The molecule has 6 nitrogen and oxygen atoms in total. The Kier molecular flexibility index (Phi) is 5.46. The van der Waals surface area contributed by atoms with Crippen molar-refractivity contribution in [3.8, 4) is 0 Å². The second kappa shape index (κ2) is 7.50. The van der Waals surface area contributed by atoms with Gasteiger partial charge >= 0.3 is 0 Å². The van der Waals surface area contributed by atoms with Crippen LogP contribution in [0, 0.1) is 0 Å². The Labute approximate surface area is 167 Å². The Balaban J connectivity index is 1.76. The Hall–Kier alpha value is -2.09. The van der Waals surface area contributed by atoms with Gasteiger partial charge in [-0.3, -0.25) is 9.59 Å². The Morgan fingerprint density at radius 3 is 2.63 bits per heavy atom. The monoisotopic (exact) mass is 426 g/mol. The van der Waals surface area contributed by atoms with Crippen LogP contribution >= 0.6 is 23.2 Å². The van der Waals surface area contributed by atoms with Crippen molar-refractivity contribution in [2.75, 3.05) is 6.54 Å². The predicted molar refractivity (Wildman–Crippen MR) is 103 cm³/mol. The van der Waals surface area contributed by atoms with Gasteiger partial charge in [0.05, 0.1) is 11.8 Å². The highest BCUT2D eigenvalue weighted by Gasteiger charge is 2.37. The van der Waals surface area contributed by atoms with E-state index in [0.29, 0.717) is 25.5 Å². The van der Waals surface area contributed by atoms with Crippen molar-refractivity contribution in [2.45, 2.75) is 18.7 Å². The van der Waals surface area contributed by atoms with E-state index < -0.39 is 34.4 Å². The smallest absolute Gasteiger partial charge is 0.268 e. The molecule has 1 aliphatic rings. The van der Waals surface area contributed by atoms with Crippen molar-refractivity contribution >= 4 is 45.0 Å². The van der Waals surface area contributed by atoms with Gasteiger partial charge in [-0.1, -0.05) is 47.5 Å². The average molecular weight is 427 g/mol. The quantitative estimate of drug-likeness (QED) is 0.813. The third-order valence-electron chi connectivity index (χ3n) is 4.24. The molecule has 0 fully saturated rings. The molecule has 142 valence electrons. The largest absolute Gasteiger partial charge is 0.348 e. The summed E-state index contributed by atoms with van der Waals surface area (Å²) in [5.74, 6) is -1.63. The summed E-state index contributed by atoms with van der Waals surface area (Å²) in [5.41, 5.74) is 1.35. The van der Waals surface area contributed by atoms with E-state index in [1.165, 1.54) is 0 Å². The minimum Gasteiger partial charge on any atom is -0.348 e. The molecule has 0 aromatic heterocycles. The van der Waals surface area contributed by atoms with Crippen molar-refractivity contribution < 1.29 is 18.0 Å². The molecule has 27 heavy (non-hydrogen) atoms. The second-order valence-corrected chi connectivity index (χ2v) is 8.92. The lowest BCUT2D eigenvalue weighted by atomic mass is 10.1. The minimum atomic E-state index is -3.92. The molecule has 1 heterocycles. The molecule has 2 aromatic carbocycles. The summed E-state index contributed by atoms with van der Waals surface area (Å²) in [6.45, 7) is 1.11. The van der Waals surface area contributed by atoms with Crippen LogP contribution in [0.4, 0.5) is 0 Å². The highest BCUT2D eigenvalue weighted by atomic mass is 35.5. The molecule has 1 N–H and O–H groups in total. The van der Waals surface area contributed by atoms with E-state index in [1.54, 1.807) is 49.4 Å². The molecule has 0 saturated carbocycles. The number of nitrogens with zero attached hydrogens (tertiary/aromatic N) is 1. The highest BCUT2D eigenvalue weighted by molar-refractivity contribution is 7.89. The maximum atomic E-state index is 12.5. The summed E-state index contributed by atoms with van der Waals surface area (Å²) in [7, 11) is -3.92. The molecule has 0 spiro atoms. The number of rotatable bonds is 4. The first-order chi connectivity index (χ1) is 12.7. The minimum absolute atomic E-state index is 0.286. The van der Waals surface area contributed by atoms with Crippen molar-refractivity contribution in [1.29, 1.82) is 0 Å². The molecule has 2 amide bonds. The van der Waals surface area contributed by atoms with Crippen LogP contribution < -0.4 is 5.32 Å². The summed E-state index contributed by atoms with van der Waals surface area (Å²) < 4.78 is 25.5. The van der Waals surface area contributed by atoms with Crippen LogP contribution in [0.15, 0.2) is 42.5 Å².